The molecule has 2 aliphatic heterocycles. The van der Waals surface area contributed by atoms with Crippen molar-refractivity contribution < 1.29 is 22.8 Å². The van der Waals surface area contributed by atoms with Gasteiger partial charge in [-0.1, -0.05) is 199 Å². The Morgan fingerprint density at radius 3 is 1.27 bits per heavy atom. The number of allylic oxidation sites excluding steroid dienone is 1. The Hall–Kier alpha value is -10.1. The van der Waals surface area contributed by atoms with Gasteiger partial charge in [-0.25, -0.2) is 8.42 Å². The molecule has 2 saturated heterocycles. The number of nitrogens with one attached hydrogen (secondary N) is 2. The van der Waals surface area contributed by atoms with Gasteiger partial charge in [-0.15, -0.1) is 0 Å². The summed E-state index contributed by atoms with van der Waals surface area (Å²) in [6.07, 6.45) is 36.3. The number of aromatic nitrogens is 5. The Kier molecular flexibility index (Phi) is 37.5. The molecule has 9 aromatic carbocycles. The van der Waals surface area contributed by atoms with Crippen LogP contribution < -0.4 is 0 Å². The van der Waals surface area contributed by atoms with Gasteiger partial charge in [0.2, 0.25) is 17.7 Å². The third-order valence-corrected chi connectivity index (χ3v) is 28.2. The Labute approximate surface area is 784 Å². The minimum atomic E-state index is -3.23. The van der Waals surface area contributed by atoms with Crippen LogP contribution in [0.3, 0.4) is 0 Å². The number of rotatable bonds is 29. The molecule has 5 aromatic heterocycles. The van der Waals surface area contributed by atoms with Crippen molar-refractivity contribution in [1.82, 2.24) is 48.2 Å². The molecule has 0 radical (unpaired) electrons. The molecule has 0 bridgehead atoms. The highest BCUT2D eigenvalue weighted by molar-refractivity contribution is 9.10. The number of carbonyl (C=O) groups excluding carboxylic acids is 3. The number of nitrogens with zero attached hydrogens (tertiary/aromatic N) is 8. The molecule has 7 heterocycles. The summed E-state index contributed by atoms with van der Waals surface area (Å²) in [6.45, 7) is 17.2. The highest BCUT2D eigenvalue weighted by atomic mass is 79.9. The number of aryl methyl sites for hydroxylation is 4. The first kappa shape index (κ1) is 99.5. The van der Waals surface area contributed by atoms with E-state index in [2.05, 4.69) is 338 Å². The van der Waals surface area contributed by atoms with Gasteiger partial charge in [0.15, 0.2) is 9.84 Å². The lowest BCUT2D eigenvalue weighted by Gasteiger charge is -2.22. The maximum atomic E-state index is 12.1. The summed E-state index contributed by atoms with van der Waals surface area (Å²) in [7, 11) is 14.1. The first-order valence-corrected chi connectivity index (χ1v) is 49.3. The SMILES string of the molecule is C=CS(=O)(=O)c1ccccc1.CC(=O)n1cc(C[C@H]2CCCN2C)c2cc(Br)ccc21.CC[C@H](Cc1c[nH]c2ccc(CCCc3ccccc3)cc12)N(C)C.CC[C@H](Cc1cn(C(C)=O)c2ccc(/C=C/Cc3ccccc3)cc12)N(C)C.CC[C@H](Cc1cn(C(C)=O)c2ccc(CCCc3ccccc3)cc12)N(C)C.CN1CCC[C@@H]1Cc1c[nH]c2ccc(Br)cc12. The molecular formula is C111H136Br2N10O5S. The van der Waals surface area contributed by atoms with E-state index in [0.29, 0.717) is 30.2 Å². The van der Waals surface area contributed by atoms with E-state index < -0.39 is 9.84 Å². The minimum Gasteiger partial charge on any atom is -0.361 e. The van der Waals surface area contributed by atoms with Gasteiger partial charge >= 0.3 is 0 Å². The van der Waals surface area contributed by atoms with E-state index in [1.807, 2.05) is 36.8 Å². The maximum Gasteiger partial charge on any atom is 0.227 e. The van der Waals surface area contributed by atoms with Crippen molar-refractivity contribution >= 4 is 120 Å². The number of hydrogen-bond donors (Lipinski definition) is 2. The number of carbonyl (C=O) groups is 3. The topological polar surface area (TPSA) is 148 Å². The van der Waals surface area contributed by atoms with Crippen molar-refractivity contribution in [3.63, 3.8) is 0 Å². The molecule has 14 aromatic rings. The quantitative estimate of drug-likeness (QED) is 0.0464. The van der Waals surface area contributed by atoms with Crippen LogP contribution in [0.25, 0.3) is 60.6 Å². The summed E-state index contributed by atoms with van der Waals surface area (Å²) in [4.78, 5) is 54.9. The van der Waals surface area contributed by atoms with E-state index in [4.69, 9.17) is 0 Å². The van der Waals surface area contributed by atoms with Gasteiger partial charge in [-0.05, 0) is 338 Å². The monoisotopic (exact) mass is 1880 g/mol. The van der Waals surface area contributed by atoms with E-state index >= 15 is 0 Å². The molecule has 16 rings (SSSR count). The number of sulfone groups is 1. The van der Waals surface area contributed by atoms with Gasteiger partial charge in [-0.3, -0.25) is 28.1 Å². The van der Waals surface area contributed by atoms with Crippen LogP contribution >= 0.6 is 31.9 Å². The van der Waals surface area contributed by atoms with Gasteiger partial charge in [-0.2, -0.15) is 0 Å². The molecule has 680 valence electrons. The Balaban J connectivity index is 0.000000153. The zero-order valence-corrected chi connectivity index (χ0v) is 82.5. The van der Waals surface area contributed by atoms with E-state index in [0.717, 1.165) is 114 Å². The highest BCUT2D eigenvalue weighted by Gasteiger charge is 2.26. The number of aromatic amines is 2. The number of halogens is 2. The fraction of sp³-hybridized carbons (Fsp3) is 0.360. The van der Waals surface area contributed by atoms with E-state index in [1.54, 1.807) is 52.7 Å². The van der Waals surface area contributed by atoms with Crippen molar-refractivity contribution in [3.8, 4) is 0 Å². The van der Waals surface area contributed by atoms with Gasteiger partial charge < -0.3 is 34.5 Å². The average molecular weight is 1880 g/mol. The van der Waals surface area contributed by atoms with Crippen LogP contribution in [0.15, 0.2) is 275 Å². The molecule has 0 unspecified atom stereocenters. The maximum absolute atomic E-state index is 12.1. The minimum absolute atomic E-state index is 0.0570. The normalized spacial score (nSPS) is 14.8. The summed E-state index contributed by atoms with van der Waals surface area (Å²) in [5, 5.41) is 7.31. The smallest absolute Gasteiger partial charge is 0.227 e. The molecule has 0 aliphatic carbocycles. The molecule has 129 heavy (non-hydrogen) atoms. The summed E-state index contributed by atoms with van der Waals surface area (Å²) in [5.41, 5.74) is 20.3. The summed E-state index contributed by atoms with van der Waals surface area (Å²) in [6, 6.07) is 75.4. The van der Waals surface area contributed by atoms with Crippen LogP contribution in [0.1, 0.15) is 175 Å². The van der Waals surface area contributed by atoms with Gasteiger partial charge in [0, 0.05) is 134 Å². The van der Waals surface area contributed by atoms with E-state index in [9.17, 15) is 22.8 Å². The predicted molar refractivity (Wildman–Crippen MR) is 550 cm³/mol. The first-order valence-electron chi connectivity index (χ1n) is 46.2. The van der Waals surface area contributed by atoms with Crippen molar-refractivity contribution in [2.75, 3.05) is 69.5 Å². The van der Waals surface area contributed by atoms with Gasteiger partial charge in [0.05, 0.1) is 21.4 Å². The second-order valence-electron chi connectivity index (χ2n) is 35.6. The van der Waals surface area contributed by atoms with Crippen molar-refractivity contribution in [2.45, 2.75) is 199 Å². The first-order chi connectivity index (χ1) is 62.1. The lowest BCUT2D eigenvalue weighted by atomic mass is 9.99. The number of likely N-dealkylation sites (N-methyl/N-ethyl adjacent to an activating group) is 5. The molecule has 0 saturated carbocycles. The molecular weight excluding hydrogens is 1750 g/mol. The summed E-state index contributed by atoms with van der Waals surface area (Å²) in [5.74, 6) is 0.204. The van der Waals surface area contributed by atoms with Gasteiger partial charge in [0.1, 0.15) is 0 Å². The highest BCUT2D eigenvalue weighted by Crippen LogP contribution is 2.34. The third-order valence-electron chi connectivity index (χ3n) is 25.9. The number of likely N-dealkylation sites (tertiary alicyclic amines) is 2. The second kappa shape index (κ2) is 48.7. The molecule has 2 N–H and O–H groups in total. The molecule has 18 heteroatoms. The number of benzene rings is 9. The fourth-order valence-corrected chi connectivity index (χ4v) is 19.5. The van der Waals surface area contributed by atoms with Crippen LogP contribution in [0, 0.1) is 0 Å². The molecule has 15 nitrogen and oxygen atoms in total. The van der Waals surface area contributed by atoms with Crippen LogP contribution in [0.2, 0.25) is 0 Å². The largest absolute Gasteiger partial charge is 0.361 e. The van der Waals surface area contributed by atoms with E-state index in [-0.39, 0.29) is 22.6 Å². The molecule has 5 atom stereocenters. The van der Waals surface area contributed by atoms with Crippen molar-refractivity contribution in [3.05, 3.63) is 332 Å². The van der Waals surface area contributed by atoms with Crippen LogP contribution in [0.4, 0.5) is 0 Å². The molecule has 2 aliphatic rings. The van der Waals surface area contributed by atoms with Gasteiger partial charge in [0.25, 0.3) is 0 Å². The zero-order chi connectivity index (χ0) is 92.3. The van der Waals surface area contributed by atoms with E-state index in [1.165, 1.54) is 163 Å². The number of hydrogen-bond acceptors (Lipinski definition) is 10. The van der Waals surface area contributed by atoms with Crippen LogP contribution in [-0.4, -0.2) is 174 Å². The third kappa shape index (κ3) is 28.0. The molecule has 2 fully saturated rings. The van der Waals surface area contributed by atoms with Crippen LogP contribution in [-0.2, 0) is 74.0 Å². The Bertz CT molecular complexity index is 6100. The standard InChI is InChI=1S/C25H32N2O.C25H30N2O.C23H30N2.C16H19BrN2O.C14H17BrN2.C8H8O2S/c2*1-5-23(26(3)4)17-22-18-27(19(2)28)25-15-14-21(16-24(22)25)13-9-12-20-10-7-6-8-11-20;1-4-21(25(2)3)16-20-17-24-23-14-13-19(15-22(20)23)12-8-11-18-9-6-5-7-10-18;1-11(20)19-10-12(8-14-4-3-7-18(14)2)15-9-13(17)5-6-16(15)19;1-17-6-2-3-12(17)7-10-9-16-14-5-4-11(15)8-13(10)14;1-2-11(9,10)8-6-4-3-5-7-8/h6-8,10-11,14-16,18,23H,5,9,12-13,17H2,1-4H3;6-11,13-16,18,23H,5,12,17H2,1-4H3;5-7,9-10,13-15,17,21,24H,4,8,11-12,16H2,1-3H3;5-6,9-10,14H,3-4,7-8H2,1-2H3;4-5,8-9,12,16H,2-3,6-7H2,1H3;2-7H,1H2/b;13-9+;;;;/t2*23-;21-;14-;12-;/m11111./s1. The lowest BCUT2D eigenvalue weighted by Crippen LogP contribution is -2.29. The molecule has 0 amide bonds. The predicted octanol–water partition coefficient (Wildman–Crippen LogP) is 24.9. The average Bonchev–Trinajstić information content (AvgIpc) is 1.64. The van der Waals surface area contributed by atoms with Crippen LogP contribution in [0.5, 0.6) is 0 Å². The summed E-state index contributed by atoms with van der Waals surface area (Å²) >= 11 is 7.08. The van der Waals surface area contributed by atoms with Crippen molar-refractivity contribution in [2.24, 2.45) is 0 Å². The lowest BCUT2D eigenvalue weighted by molar-refractivity contribution is 0.0932. The molecule has 0 spiro atoms. The second-order valence-corrected chi connectivity index (χ2v) is 39.3. The summed E-state index contributed by atoms with van der Waals surface area (Å²) < 4.78 is 29.7. The zero-order valence-electron chi connectivity index (χ0n) is 78.6. The number of fused-ring (bicyclic) bond motifs is 5. The Morgan fingerprint density at radius 2 is 0.814 bits per heavy atom. The number of H-pyrrole nitrogens is 2. The fourth-order valence-electron chi connectivity index (χ4n) is 18.1. The Morgan fingerprint density at radius 1 is 0.442 bits per heavy atom. The van der Waals surface area contributed by atoms with Crippen molar-refractivity contribution in [1.29, 1.82) is 0 Å².